The first kappa shape index (κ1) is 102. The number of carboxylic acid groups (broad SMARTS) is 1. The molecule has 7 aromatic carbocycles. The summed E-state index contributed by atoms with van der Waals surface area (Å²) >= 11 is 34.8. The van der Waals surface area contributed by atoms with Crippen LogP contribution in [0.5, 0.6) is 5.75 Å². The van der Waals surface area contributed by atoms with E-state index in [2.05, 4.69) is 31.7 Å². The molecular weight excluding hydrogens is 1640 g/mol. The molecule has 0 aliphatic carbocycles. The van der Waals surface area contributed by atoms with E-state index in [1.165, 1.54) is 12.2 Å². The summed E-state index contributed by atoms with van der Waals surface area (Å²) in [4.78, 5) is 57.8. The number of nitrogens with one attached hydrogen (secondary N) is 3. The monoisotopic (exact) mass is 1750 g/mol. The van der Waals surface area contributed by atoms with Crippen LogP contribution in [-0.4, -0.2) is 97.6 Å². The van der Waals surface area contributed by atoms with Crippen LogP contribution in [0.3, 0.4) is 0 Å². The normalized spacial score (nSPS) is 14.5. The van der Waals surface area contributed by atoms with Crippen molar-refractivity contribution in [3.05, 3.63) is 264 Å². The molecule has 624 valence electrons. The third-order valence-electron chi connectivity index (χ3n) is 15.8. The predicted octanol–water partition coefficient (Wildman–Crippen LogP) is 20.6. The summed E-state index contributed by atoms with van der Waals surface area (Å²) in [6, 6.07) is 47.7. The van der Waals surface area contributed by atoms with Crippen LogP contribution in [0, 0.1) is 23.7 Å². The molecule has 7 aromatic rings. The van der Waals surface area contributed by atoms with Crippen molar-refractivity contribution in [1.29, 1.82) is 0 Å². The number of aldehydes is 1. The lowest BCUT2D eigenvalue weighted by Crippen LogP contribution is -2.40. The maximum atomic E-state index is 12.7. The van der Waals surface area contributed by atoms with E-state index in [4.69, 9.17) is 94.3 Å². The first-order valence-corrected chi connectivity index (χ1v) is 42.3. The summed E-state index contributed by atoms with van der Waals surface area (Å²) in [5, 5.41) is 13.0. The fourth-order valence-electron chi connectivity index (χ4n) is 8.71. The third-order valence-corrected chi connectivity index (χ3v) is 23.4. The number of rotatable bonds is 28. The highest BCUT2D eigenvalue weighted by Crippen LogP contribution is 2.31. The summed E-state index contributed by atoms with van der Waals surface area (Å²) < 4.78 is 81.1. The second kappa shape index (κ2) is 50.6. The Labute approximate surface area is 712 Å². The number of methoxy groups -OCH3 is 1. The van der Waals surface area contributed by atoms with E-state index in [1.54, 1.807) is 138 Å². The van der Waals surface area contributed by atoms with Gasteiger partial charge in [0.2, 0.25) is 0 Å². The molecular formula is C84H113Cl6N5O14S4. The van der Waals surface area contributed by atoms with Crippen molar-refractivity contribution in [3.8, 4) is 5.75 Å². The highest BCUT2D eigenvalue weighted by molar-refractivity contribution is 7.85. The number of aliphatic carboxylic acids is 1. The zero-order valence-electron chi connectivity index (χ0n) is 66.8. The van der Waals surface area contributed by atoms with Crippen LogP contribution >= 0.6 is 69.6 Å². The number of nitrogens with two attached hydrogens (primary N) is 1. The molecule has 113 heavy (non-hydrogen) atoms. The molecule has 0 amide bonds. The second-order valence-electron chi connectivity index (χ2n) is 29.3. The molecule has 0 aliphatic rings. The van der Waals surface area contributed by atoms with Gasteiger partial charge in [-0.15, -0.1) is 0 Å². The lowest BCUT2D eigenvalue weighted by molar-refractivity contribution is -0.150. The van der Waals surface area contributed by atoms with Crippen molar-refractivity contribution in [1.82, 2.24) is 14.2 Å². The summed E-state index contributed by atoms with van der Waals surface area (Å²) in [5.74, 6) is -3.45. The zero-order chi connectivity index (χ0) is 85.7. The van der Waals surface area contributed by atoms with E-state index in [0.29, 0.717) is 35.7 Å². The van der Waals surface area contributed by atoms with Gasteiger partial charge in [0.05, 0.1) is 101 Å². The Balaban J connectivity index is 0. The van der Waals surface area contributed by atoms with Crippen LogP contribution in [0.15, 0.2) is 200 Å². The standard InChI is InChI=1S/C22H28ClNO4S.C17H24ClNO3S.C14H20ClNO3S.C13H16ClNO2.C11H14ClNOS.C7H5ClO.3H2/c1-15(21(25)28-14-16-6-12-19(27-5)13-7-16)20(24-29(26)22(2,3)4)17-8-10-18(23)11-9-17;1-6-11-22-16(20)12(2)15(19-23(21)17(3,4)5)13-7-9-14(18)10-8-13;1-9(13(17)18)12(16-20(19)14(2,3)4)10-5-7-11(15)8-6-10;1-3-8-17-13(16)9(2)12(15)10-4-6-11(14)7-5-10;1-11(2,3)15(14)13-8-9-4-6-10(12)7-5-9;8-7-3-1-6(5-9)2-4-7;;;/h6-13,15,20,24H,14H2,1-5H3;6-10,12,15,19H,1,11H2,2-5H3;5-9,12,16H,1-4H3,(H,17,18);3-7,9,12H,1,8,15H2,2H3;4-8H,1-3H3;1-5H;3*1H/t15-,20-,29+;12-,15-,23+;9-,12-,20+;9-,12-;15-;;;;/m00001..../s1. The van der Waals surface area contributed by atoms with E-state index in [-0.39, 0.29) is 46.8 Å². The van der Waals surface area contributed by atoms with Crippen molar-refractivity contribution in [2.75, 3.05) is 20.3 Å². The largest absolute Gasteiger partial charge is 0.497 e. The molecule has 0 bridgehead atoms. The Hall–Kier alpha value is -6.78. The van der Waals surface area contributed by atoms with Crippen molar-refractivity contribution in [2.45, 2.75) is 161 Å². The van der Waals surface area contributed by atoms with Gasteiger partial charge in [0.1, 0.15) is 42.8 Å². The molecule has 19 nitrogen and oxygen atoms in total. The van der Waals surface area contributed by atoms with Gasteiger partial charge in [-0.3, -0.25) is 24.0 Å². The molecule has 0 aromatic heterocycles. The Morgan fingerprint density at radius 3 is 1.04 bits per heavy atom. The van der Waals surface area contributed by atoms with E-state index in [1.807, 2.05) is 156 Å². The molecule has 0 radical (unpaired) electrons. The summed E-state index contributed by atoms with van der Waals surface area (Å²) in [5.41, 5.74) is 11.7. The molecule has 0 saturated carbocycles. The molecule has 7 rings (SSSR count). The van der Waals surface area contributed by atoms with Gasteiger partial charge in [-0.05, 0) is 201 Å². The predicted molar refractivity (Wildman–Crippen MR) is 474 cm³/mol. The highest BCUT2D eigenvalue weighted by atomic mass is 35.5. The van der Waals surface area contributed by atoms with E-state index >= 15 is 0 Å². The molecule has 0 fully saturated rings. The van der Waals surface area contributed by atoms with Gasteiger partial charge >= 0.3 is 23.9 Å². The number of hydrogen-bond acceptors (Lipinski definition) is 14. The number of carbonyl (C=O) groups is 5. The topological polar surface area (TPSA) is 285 Å². The third kappa shape index (κ3) is 39.1. The number of carboxylic acids is 1. The van der Waals surface area contributed by atoms with Crippen LogP contribution in [0.25, 0.3) is 0 Å². The summed E-state index contributed by atoms with van der Waals surface area (Å²) in [6.07, 6.45) is 5.44. The van der Waals surface area contributed by atoms with Gasteiger partial charge in [-0.2, -0.15) is 4.40 Å². The number of carbonyl (C=O) groups excluding carboxylic acids is 4. The Morgan fingerprint density at radius 1 is 0.451 bits per heavy atom. The number of hydrogen-bond donors (Lipinski definition) is 5. The minimum Gasteiger partial charge on any atom is -0.497 e. The van der Waals surface area contributed by atoms with Crippen molar-refractivity contribution < 1.29 is 69.1 Å². The lowest BCUT2D eigenvalue weighted by atomic mass is 9.95. The second-order valence-corrected chi connectivity index (χ2v) is 39.8. The Morgan fingerprint density at radius 2 is 0.743 bits per heavy atom. The summed E-state index contributed by atoms with van der Waals surface area (Å²) in [7, 11) is -3.65. The number of benzene rings is 7. The van der Waals surface area contributed by atoms with Crippen LogP contribution in [0.4, 0.5) is 0 Å². The highest BCUT2D eigenvalue weighted by Gasteiger charge is 2.35. The van der Waals surface area contributed by atoms with Gasteiger partial charge in [0, 0.05) is 52.2 Å². The quantitative estimate of drug-likeness (QED) is 0.0100. The number of ether oxygens (including phenoxy) is 4. The fourth-order valence-corrected chi connectivity index (χ4v) is 12.8. The smallest absolute Gasteiger partial charge is 0.310 e. The maximum Gasteiger partial charge on any atom is 0.310 e. The molecule has 0 unspecified atom stereocenters. The SMILES string of the molecule is C=CCOC(=O)[C@@H](C)[C@H](N)c1ccc(Cl)cc1.C=CCOC(=O)[C@@H](C)[C@H](N[S@](=O)C(C)(C)C)c1ccc(Cl)cc1.CC(C)(C)[S@@](=O)N=Cc1ccc(Cl)cc1.COc1ccc(COC(=O)[C@@H](C)[C@H](N[S@](=O)C(C)(C)C)c2ccc(Cl)cc2)cc1.C[C@H](C(=O)O)[C@H](N[S@](=O)C(C)(C)C)c1ccc(Cl)cc1.O=Cc1ccc(Cl)cc1.[HH].[HH].[HH]. The first-order chi connectivity index (χ1) is 52.7. The van der Waals surface area contributed by atoms with Gasteiger partial charge in [0.15, 0.2) is 0 Å². The lowest BCUT2D eigenvalue weighted by Gasteiger charge is -2.28. The van der Waals surface area contributed by atoms with E-state index in [0.717, 1.165) is 45.4 Å². The van der Waals surface area contributed by atoms with Crippen molar-refractivity contribution in [2.24, 2.45) is 33.8 Å². The van der Waals surface area contributed by atoms with Gasteiger partial charge in [-0.25, -0.2) is 31.0 Å². The van der Waals surface area contributed by atoms with Crippen LogP contribution < -0.4 is 24.6 Å². The zero-order valence-corrected chi connectivity index (χ0v) is 74.6. The van der Waals surface area contributed by atoms with Gasteiger partial charge in [-0.1, -0.05) is 208 Å². The van der Waals surface area contributed by atoms with Crippen LogP contribution in [0.2, 0.25) is 30.1 Å². The minimum atomic E-state index is -1.36. The molecule has 0 saturated heterocycles. The molecule has 12 atom stereocenters. The minimum absolute atomic E-state index is 0. The molecule has 29 heteroatoms. The fraction of sp³-hybridized carbons (Fsp3) is 0.381. The number of esters is 3. The van der Waals surface area contributed by atoms with Crippen LogP contribution in [-0.2, 0) is 83.9 Å². The van der Waals surface area contributed by atoms with E-state index in [9.17, 15) is 45.9 Å². The molecule has 0 spiro atoms. The number of halogens is 6. The maximum absolute atomic E-state index is 12.7. The molecule has 0 aliphatic heterocycles. The first-order valence-electron chi connectivity index (χ1n) is 35.5. The van der Waals surface area contributed by atoms with Crippen molar-refractivity contribution in [3.63, 3.8) is 0 Å². The van der Waals surface area contributed by atoms with Gasteiger partial charge in [0.25, 0.3) is 0 Å². The average molecular weight is 1760 g/mol. The average Bonchev–Trinajstić information content (AvgIpc) is 0.838. The Bertz CT molecular complexity index is 4260. The van der Waals surface area contributed by atoms with Crippen molar-refractivity contribution >= 4 is 150 Å². The summed E-state index contributed by atoms with van der Waals surface area (Å²) in [6.45, 7) is 36.8. The molecule has 0 heterocycles. The Kier molecular flexibility index (Phi) is 45.8. The van der Waals surface area contributed by atoms with E-state index < -0.39 is 112 Å². The molecule has 6 N–H and O–H groups in total. The van der Waals surface area contributed by atoms with Gasteiger partial charge < -0.3 is 29.8 Å². The number of nitrogens with zero attached hydrogens (tertiary/aromatic N) is 1. The van der Waals surface area contributed by atoms with Crippen LogP contribution in [0.1, 0.15) is 183 Å².